The molecule has 0 saturated heterocycles. The van der Waals surface area contributed by atoms with Crippen molar-refractivity contribution in [1.29, 1.82) is 0 Å². The molecule has 20 heavy (non-hydrogen) atoms. The van der Waals surface area contributed by atoms with Gasteiger partial charge in [0.1, 0.15) is 23.4 Å². The van der Waals surface area contributed by atoms with Crippen LogP contribution in [-0.4, -0.2) is 18.4 Å². The van der Waals surface area contributed by atoms with Crippen molar-refractivity contribution in [1.82, 2.24) is 10.5 Å². The lowest BCUT2D eigenvalue weighted by Crippen LogP contribution is -2.13. The molecule has 1 aliphatic rings. The number of methoxy groups -OCH3 is 1. The molecule has 1 N–H and O–H groups in total. The van der Waals surface area contributed by atoms with Crippen molar-refractivity contribution < 1.29 is 14.0 Å². The number of benzene rings is 1. The third kappa shape index (κ3) is 2.63. The van der Waals surface area contributed by atoms with E-state index in [1.807, 2.05) is 6.07 Å². The molecular weight excluding hydrogens is 256 g/mol. The van der Waals surface area contributed by atoms with E-state index < -0.39 is 0 Å². The van der Waals surface area contributed by atoms with Crippen molar-refractivity contribution in [2.75, 3.05) is 7.11 Å². The topological polar surface area (TPSA) is 56.5 Å². The van der Waals surface area contributed by atoms with Crippen molar-refractivity contribution in [3.8, 4) is 11.5 Å². The van der Waals surface area contributed by atoms with E-state index in [1.54, 1.807) is 13.3 Å². The summed E-state index contributed by atoms with van der Waals surface area (Å²) in [6, 6.07) is 5.98. The SMILES string of the molecule is COc1cc2c(cc1CNCc1ccno1)OC(C)C2. The molecular formula is C15H18N2O3. The maximum atomic E-state index is 5.79. The van der Waals surface area contributed by atoms with Crippen molar-refractivity contribution >= 4 is 0 Å². The van der Waals surface area contributed by atoms with Gasteiger partial charge in [0.2, 0.25) is 0 Å². The molecule has 0 aliphatic carbocycles. The Labute approximate surface area is 117 Å². The van der Waals surface area contributed by atoms with E-state index in [0.29, 0.717) is 13.1 Å². The second kappa shape index (κ2) is 5.54. The van der Waals surface area contributed by atoms with E-state index in [1.165, 1.54) is 5.56 Å². The van der Waals surface area contributed by atoms with Gasteiger partial charge in [-0.1, -0.05) is 5.16 Å². The van der Waals surface area contributed by atoms with Crippen LogP contribution < -0.4 is 14.8 Å². The minimum absolute atomic E-state index is 0.243. The van der Waals surface area contributed by atoms with Gasteiger partial charge in [0.15, 0.2) is 0 Å². The summed E-state index contributed by atoms with van der Waals surface area (Å²) >= 11 is 0. The first kappa shape index (κ1) is 13.0. The van der Waals surface area contributed by atoms with Gasteiger partial charge in [-0.25, -0.2) is 0 Å². The molecule has 1 aliphatic heterocycles. The normalized spacial score (nSPS) is 16.8. The summed E-state index contributed by atoms with van der Waals surface area (Å²) in [6.45, 7) is 3.40. The number of hydrogen-bond donors (Lipinski definition) is 1. The maximum absolute atomic E-state index is 5.79. The van der Waals surface area contributed by atoms with Gasteiger partial charge in [-0.3, -0.25) is 0 Å². The van der Waals surface area contributed by atoms with Gasteiger partial charge >= 0.3 is 0 Å². The predicted molar refractivity (Wildman–Crippen MR) is 73.8 cm³/mol. The first-order chi connectivity index (χ1) is 9.76. The van der Waals surface area contributed by atoms with Gasteiger partial charge in [-0.15, -0.1) is 0 Å². The molecule has 1 aromatic carbocycles. The van der Waals surface area contributed by atoms with Crippen molar-refractivity contribution in [2.24, 2.45) is 0 Å². The fourth-order valence-corrected chi connectivity index (χ4v) is 2.46. The van der Waals surface area contributed by atoms with Crippen molar-refractivity contribution in [3.63, 3.8) is 0 Å². The summed E-state index contributed by atoms with van der Waals surface area (Å²) in [4.78, 5) is 0. The highest BCUT2D eigenvalue weighted by Crippen LogP contribution is 2.34. The molecule has 0 radical (unpaired) electrons. The number of rotatable bonds is 5. The Morgan fingerprint density at radius 2 is 2.30 bits per heavy atom. The Hall–Kier alpha value is -2.01. The van der Waals surface area contributed by atoms with Crippen molar-refractivity contribution in [3.05, 3.63) is 41.3 Å². The largest absolute Gasteiger partial charge is 0.496 e. The third-order valence-corrected chi connectivity index (χ3v) is 3.40. The number of nitrogens with zero attached hydrogens (tertiary/aromatic N) is 1. The van der Waals surface area contributed by atoms with Gasteiger partial charge in [-0.05, 0) is 19.1 Å². The molecule has 0 saturated carbocycles. The quantitative estimate of drug-likeness (QED) is 0.906. The zero-order valence-corrected chi connectivity index (χ0v) is 11.7. The van der Waals surface area contributed by atoms with E-state index in [2.05, 4.69) is 29.5 Å². The Morgan fingerprint density at radius 1 is 1.40 bits per heavy atom. The molecule has 1 aromatic heterocycles. The second-order valence-electron chi connectivity index (χ2n) is 4.99. The van der Waals surface area contributed by atoms with E-state index in [4.69, 9.17) is 14.0 Å². The summed E-state index contributed by atoms with van der Waals surface area (Å²) in [5, 5.41) is 6.99. The lowest BCUT2D eigenvalue weighted by molar-refractivity contribution is 0.254. The molecule has 0 spiro atoms. The van der Waals surface area contributed by atoms with Gasteiger partial charge in [-0.2, -0.15) is 0 Å². The highest BCUT2D eigenvalue weighted by Gasteiger charge is 2.21. The molecule has 0 fully saturated rings. The lowest BCUT2D eigenvalue weighted by Gasteiger charge is -2.11. The van der Waals surface area contributed by atoms with Gasteiger partial charge < -0.3 is 19.3 Å². The predicted octanol–water partition coefficient (Wildman–Crippen LogP) is 2.30. The zero-order chi connectivity index (χ0) is 13.9. The van der Waals surface area contributed by atoms with Gasteiger partial charge in [0, 0.05) is 30.2 Å². The first-order valence-electron chi connectivity index (χ1n) is 6.73. The maximum Gasteiger partial charge on any atom is 0.150 e. The number of fused-ring (bicyclic) bond motifs is 1. The summed E-state index contributed by atoms with van der Waals surface area (Å²) in [5.41, 5.74) is 2.30. The highest BCUT2D eigenvalue weighted by atomic mass is 16.5. The molecule has 5 nitrogen and oxygen atoms in total. The molecule has 5 heteroatoms. The molecule has 2 aromatic rings. The molecule has 0 amide bonds. The second-order valence-corrected chi connectivity index (χ2v) is 4.99. The number of nitrogens with one attached hydrogen (secondary N) is 1. The summed E-state index contributed by atoms with van der Waals surface area (Å²) in [5.74, 6) is 2.68. The van der Waals surface area contributed by atoms with Gasteiger partial charge in [0.05, 0.1) is 19.9 Å². The van der Waals surface area contributed by atoms with E-state index in [0.717, 1.165) is 29.2 Å². The van der Waals surface area contributed by atoms with Crippen LogP contribution in [0.2, 0.25) is 0 Å². The van der Waals surface area contributed by atoms with Crippen LogP contribution in [0.5, 0.6) is 11.5 Å². The Balaban J connectivity index is 1.70. The number of aromatic nitrogens is 1. The summed E-state index contributed by atoms with van der Waals surface area (Å²) in [7, 11) is 1.70. The smallest absolute Gasteiger partial charge is 0.150 e. The molecule has 3 rings (SSSR count). The van der Waals surface area contributed by atoms with Crippen molar-refractivity contribution in [2.45, 2.75) is 32.5 Å². The zero-order valence-electron chi connectivity index (χ0n) is 11.7. The van der Waals surface area contributed by atoms with Crippen LogP contribution in [-0.2, 0) is 19.5 Å². The Morgan fingerprint density at radius 3 is 3.05 bits per heavy atom. The highest BCUT2D eigenvalue weighted by molar-refractivity contribution is 5.48. The fraction of sp³-hybridized carbons (Fsp3) is 0.400. The van der Waals surface area contributed by atoms with Crippen LogP contribution in [0.25, 0.3) is 0 Å². The standard InChI is InChI=1S/C15H18N2O3/c1-10-5-11-6-14(18-2)12(7-15(11)19-10)8-16-9-13-3-4-17-20-13/h3-4,6-7,10,16H,5,8-9H2,1-2H3. The minimum atomic E-state index is 0.243. The van der Waals surface area contributed by atoms with Gasteiger partial charge in [0.25, 0.3) is 0 Å². The van der Waals surface area contributed by atoms with E-state index in [9.17, 15) is 0 Å². The Bertz CT molecular complexity index is 581. The molecule has 106 valence electrons. The first-order valence-corrected chi connectivity index (χ1v) is 6.73. The molecule has 1 unspecified atom stereocenters. The monoisotopic (exact) mass is 274 g/mol. The summed E-state index contributed by atoms with van der Waals surface area (Å²) < 4.78 is 16.3. The molecule has 0 bridgehead atoms. The van der Waals surface area contributed by atoms with Crippen LogP contribution in [0, 0.1) is 0 Å². The van der Waals surface area contributed by atoms with Crippen LogP contribution in [0.1, 0.15) is 23.8 Å². The lowest BCUT2D eigenvalue weighted by atomic mass is 10.1. The Kier molecular flexibility index (Phi) is 3.60. The average Bonchev–Trinajstić information content (AvgIpc) is 3.05. The van der Waals surface area contributed by atoms with E-state index >= 15 is 0 Å². The molecule has 2 heterocycles. The van der Waals surface area contributed by atoms with Crippen LogP contribution in [0.4, 0.5) is 0 Å². The van der Waals surface area contributed by atoms with Crippen LogP contribution >= 0.6 is 0 Å². The molecule has 1 atom stereocenters. The minimum Gasteiger partial charge on any atom is -0.496 e. The van der Waals surface area contributed by atoms with E-state index in [-0.39, 0.29) is 6.10 Å². The third-order valence-electron chi connectivity index (χ3n) is 3.40. The summed E-state index contributed by atoms with van der Waals surface area (Å²) in [6.07, 6.45) is 2.83. The average molecular weight is 274 g/mol. The van der Waals surface area contributed by atoms with Crippen LogP contribution in [0.15, 0.2) is 28.9 Å². The van der Waals surface area contributed by atoms with Crippen LogP contribution in [0.3, 0.4) is 0 Å². The number of hydrogen-bond acceptors (Lipinski definition) is 5. The fourth-order valence-electron chi connectivity index (χ4n) is 2.46. The number of ether oxygens (including phenoxy) is 2.